The van der Waals surface area contributed by atoms with Gasteiger partial charge in [-0.1, -0.05) is 0 Å². The van der Waals surface area contributed by atoms with Gasteiger partial charge in [0.05, 0.1) is 16.4 Å². The zero-order valence-corrected chi connectivity index (χ0v) is 16.0. The van der Waals surface area contributed by atoms with E-state index in [1.807, 2.05) is 0 Å². The third kappa shape index (κ3) is 3.42. The Morgan fingerprint density at radius 1 is 1.00 bits per heavy atom. The van der Waals surface area contributed by atoms with Crippen LogP contribution in [-0.4, -0.2) is 83.0 Å². The molecule has 0 N–H and O–H groups in total. The van der Waals surface area contributed by atoms with E-state index in [9.17, 15) is 16.8 Å². The number of fused-ring (bicyclic) bond motifs is 1. The highest BCUT2D eigenvalue weighted by Gasteiger charge is 2.36. The number of hydrogen-bond donors (Lipinski definition) is 0. The van der Waals surface area contributed by atoms with Gasteiger partial charge in [0.15, 0.2) is 21.3 Å². The molecule has 2 saturated heterocycles. The summed E-state index contributed by atoms with van der Waals surface area (Å²) in [6.07, 6.45) is 0.636. The van der Waals surface area contributed by atoms with Crippen LogP contribution in [0.5, 0.6) is 11.5 Å². The van der Waals surface area contributed by atoms with Crippen LogP contribution in [0.3, 0.4) is 0 Å². The lowest BCUT2D eigenvalue weighted by Crippen LogP contribution is -2.52. The Morgan fingerprint density at radius 3 is 2.35 bits per heavy atom. The number of piperazine rings is 1. The SMILES string of the molecule is O=S1(=O)CC[C@H](N2CCN(S(=O)(=O)c3ccc4c(c3)OCCO4)CC2)C1. The highest BCUT2D eigenvalue weighted by atomic mass is 32.2. The molecule has 0 amide bonds. The third-order valence-corrected chi connectivity index (χ3v) is 8.79. The molecular weight excluding hydrogens is 380 g/mol. The quantitative estimate of drug-likeness (QED) is 0.700. The van der Waals surface area contributed by atoms with E-state index in [0.29, 0.717) is 57.3 Å². The Balaban J connectivity index is 1.45. The van der Waals surface area contributed by atoms with E-state index in [-0.39, 0.29) is 22.4 Å². The van der Waals surface area contributed by atoms with Gasteiger partial charge in [0, 0.05) is 38.3 Å². The molecular formula is C16H22N2O6S2. The van der Waals surface area contributed by atoms with Crippen LogP contribution in [0.15, 0.2) is 23.1 Å². The fourth-order valence-corrected chi connectivity index (χ4v) is 6.91. The smallest absolute Gasteiger partial charge is 0.243 e. The molecule has 0 aliphatic carbocycles. The Bertz CT molecular complexity index is 891. The number of nitrogens with zero attached hydrogens (tertiary/aromatic N) is 2. The van der Waals surface area contributed by atoms with Gasteiger partial charge in [-0.15, -0.1) is 0 Å². The molecule has 3 heterocycles. The first-order chi connectivity index (χ1) is 12.4. The second-order valence-electron chi connectivity index (χ2n) is 6.80. The van der Waals surface area contributed by atoms with Gasteiger partial charge in [-0.25, -0.2) is 16.8 Å². The molecule has 0 saturated carbocycles. The van der Waals surface area contributed by atoms with Crippen molar-refractivity contribution in [3.8, 4) is 11.5 Å². The van der Waals surface area contributed by atoms with Crippen molar-refractivity contribution in [3.63, 3.8) is 0 Å². The van der Waals surface area contributed by atoms with Gasteiger partial charge in [-0.05, 0) is 18.6 Å². The molecule has 3 aliphatic rings. The minimum Gasteiger partial charge on any atom is -0.486 e. The Kier molecular flexibility index (Phi) is 4.62. The molecule has 1 atom stereocenters. The van der Waals surface area contributed by atoms with Gasteiger partial charge in [-0.3, -0.25) is 4.90 Å². The molecule has 1 aromatic carbocycles. The zero-order chi connectivity index (χ0) is 18.4. The standard InChI is InChI=1S/C16H22N2O6S2/c19-25(20)10-3-13(12-25)17-4-6-18(7-5-17)26(21,22)14-1-2-15-16(11-14)24-9-8-23-15/h1-2,11,13H,3-10,12H2/t13-/m0/s1. The summed E-state index contributed by atoms with van der Waals surface area (Å²) in [6.45, 7) is 2.66. The maximum absolute atomic E-state index is 12.9. The molecule has 0 bridgehead atoms. The van der Waals surface area contributed by atoms with Gasteiger partial charge >= 0.3 is 0 Å². The fourth-order valence-electron chi connectivity index (χ4n) is 3.71. The van der Waals surface area contributed by atoms with Crippen LogP contribution >= 0.6 is 0 Å². The molecule has 10 heteroatoms. The Hall–Kier alpha value is -1.36. The van der Waals surface area contributed by atoms with Crippen molar-refractivity contribution in [3.05, 3.63) is 18.2 Å². The lowest BCUT2D eigenvalue weighted by Gasteiger charge is -2.37. The van der Waals surface area contributed by atoms with Crippen molar-refractivity contribution in [1.82, 2.24) is 9.21 Å². The van der Waals surface area contributed by atoms with E-state index in [4.69, 9.17) is 9.47 Å². The number of rotatable bonds is 3. The number of sulfonamides is 1. The molecule has 0 aromatic heterocycles. The van der Waals surface area contributed by atoms with Crippen LogP contribution in [0.1, 0.15) is 6.42 Å². The number of ether oxygens (including phenoxy) is 2. The molecule has 8 nitrogen and oxygen atoms in total. The molecule has 1 aromatic rings. The van der Waals surface area contributed by atoms with E-state index in [0.717, 1.165) is 0 Å². The predicted octanol–water partition coefficient (Wildman–Crippen LogP) is -0.0488. The first-order valence-electron chi connectivity index (χ1n) is 8.69. The minimum absolute atomic E-state index is 0.0131. The molecule has 0 unspecified atom stereocenters. The summed E-state index contributed by atoms with van der Waals surface area (Å²) < 4.78 is 61.5. The molecule has 26 heavy (non-hydrogen) atoms. The Morgan fingerprint density at radius 2 is 1.69 bits per heavy atom. The maximum atomic E-state index is 12.9. The van der Waals surface area contributed by atoms with E-state index in [1.165, 1.54) is 10.4 Å². The van der Waals surface area contributed by atoms with Crippen LogP contribution in [0, 0.1) is 0 Å². The first kappa shape index (κ1) is 18.0. The monoisotopic (exact) mass is 402 g/mol. The van der Waals surface area contributed by atoms with Crippen molar-refractivity contribution in [2.45, 2.75) is 17.4 Å². The van der Waals surface area contributed by atoms with Crippen LogP contribution < -0.4 is 9.47 Å². The highest BCUT2D eigenvalue weighted by Crippen LogP contribution is 2.33. The van der Waals surface area contributed by atoms with Gasteiger partial charge in [0.1, 0.15) is 13.2 Å². The largest absolute Gasteiger partial charge is 0.486 e. The lowest BCUT2D eigenvalue weighted by atomic mass is 10.2. The van der Waals surface area contributed by atoms with Crippen molar-refractivity contribution in [2.24, 2.45) is 0 Å². The van der Waals surface area contributed by atoms with Crippen molar-refractivity contribution in [2.75, 3.05) is 50.9 Å². The normalized spacial score (nSPS) is 26.7. The summed E-state index contributed by atoms with van der Waals surface area (Å²) in [5.41, 5.74) is 0. The molecule has 0 radical (unpaired) electrons. The van der Waals surface area contributed by atoms with Crippen molar-refractivity contribution in [1.29, 1.82) is 0 Å². The van der Waals surface area contributed by atoms with Crippen LogP contribution in [0.4, 0.5) is 0 Å². The summed E-state index contributed by atoms with van der Waals surface area (Å²) >= 11 is 0. The molecule has 2 fully saturated rings. The van der Waals surface area contributed by atoms with E-state index < -0.39 is 19.9 Å². The summed E-state index contributed by atoms with van der Waals surface area (Å²) in [5, 5.41) is 0. The summed E-state index contributed by atoms with van der Waals surface area (Å²) in [4.78, 5) is 2.29. The van der Waals surface area contributed by atoms with Crippen LogP contribution in [0.2, 0.25) is 0 Å². The van der Waals surface area contributed by atoms with Gasteiger partial charge in [0.25, 0.3) is 0 Å². The number of sulfone groups is 1. The predicted molar refractivity (Wildman–Crippen MR) is 94.8 cm³/mol. The fraction of sp³-hybridized carbons (Fsp3) is 0.625. The minimum atomic E-state index is -3.61. The number of hydrogen-bond acceptors (Lipinski definition) is 7. The second kappa shape index (κ2) is 6.66. The molecule has 4 rings (SSSR count). The zero-order valence-electron chi connectivity index (χ0n) is 14.3. The number of benzene rings is 1. The summed E-state index contributed by atoms with van der Waals surface area (Å²) in [5.74, 6) is 1.42. The van der Waals surface area contributed by atoms with Crippen LogP contribution in [0.25, 0.3) is 0 Å². The van der Waals surface area contributed by atoms with Crippen LogP contribution in [-0.2, 0) is 19.9 Å². The van der Waals surface area contributed by atoms with E-state index in [1.54, 1.807) is 12.1 Å². The van der Waals surface area contributed by atoms with E-state index in [2.05, 4.69) is 4.90 Å². The lowest BCUT2D eigenvalue weighted by molar-refractivity contribution is 0.148. The molecule has 3 aliphatic heterocycles. The summed E-state index contributed by atoms with van der Waals surface area (Å²) in [7, 11) is -6.55. The summed E-state index contributed by atoms with van der Waals surface area (Å²) in [6, 6.07) is 4.69. The maximum Gasteiger partial charge on any atom is 0.243 e. The average Bonchev–Trinajstić information content (AvgIpc) is 3.01. The highest BCUT2D eigenvalue weighted by molar-refractivity contribution is 7.91. The molecule has 144 valence electrons. The van der Waals surface area contributed by atoms with E-state index >= 15 is 0 Å². The van der Waals surface area contributed by atoms with Crippen molar-refractivity contribution < 1.29 is 26.3 Å². The third-order valence-electron chi connectivity index (χ3n) is 5.15. The van der Waals surface area contributed by atoms with Gasteiger partial charge in [-0.2, -0.15) is 4.31 Å². The molecule has 0 spiro atoms. The first-order valence-corrected chi connectivity index (χ1v) is 12.0. The second-order valence-corrected chi connectivity index (χ2v) is 11.0. The Labute approximate surface area is 153 Å². The topological polar surface area (TPSA) is 93.2 Å². The van der Waals surface area contributed by atoms with Gasteiger partial charge < -0.3 is 9.47 Å². The van der Waals surface area contributed by atoms with Crippen molar-refractivity contribution >= 4 is 19.9 Å². The van der Waals surface area contributed by atoms with Gasteiger partial charge in [0.2, 0.25) is 10.0 Å². The average molecular weight is 402 g/mol.